The fourth-order valence-electron chi connectivity index (χ4n) is 3.57. The number of benzene rings is 3. The van der Waals surface area contributed by atoms with Gasteiger partial charge in [-0.1, -0.05) is 72.8 Å². The van der Waals surface area contributed by atoms with E-state index in [1.807, 2.05) is 48.5 Å². The molecule has 4 rings (SSSR count). The van der Waals surface area contributed by atoms with E-state index in [-0.39, 0.29) is 6.10 Å². The van der Waals surface area contributed by atoms with Crippen LogP contribution in [0.3, 0.4) is 0 Å². The third-order valence-electron chi connectivity index (χ3n) is 5.15. The lowest BCUT2D eigenvalue weighted by Crippen LogP contribution is -2.30. The summed E-state index contributed by atoms with van der Waals surface area (Å²) >= 11 is 1.36. The van der Waals surface area contributed by atoms with Gasteiger partial charge in [0.15, 0.2) is 0 Å². The molecule has 1 heterocycles. The minimum absolute atomic E-state index is 0.303. The number of aliphatic hydroxyl groups is 1. The Morgan fingerprint density at radius 2 is 1.38 bits per heavy atom. The van der Waals surface area contributed by atoms with Crippen LogP contribution in [0.2, 0.25) is 0 Å². The molecule has 0 aromatic heterocycles. The zero-order chi connectivity index (χ0) is 20.1. The Bertz CT molecular complexity index is 860. The standard InChI is InChI=1S/C24H24O4S/c1-26-21-14-12-20(13-15-21)24(18-8-4-2-5-9-18,19-10-6-3-7-11-19)29-28-23-17-27-16-22(23)25/h2-15,22-23,25H,16-17H2,1H3. The van der Waals surface area contributed by atoms with Crippen LogP contribution >= 0.6 is 12.0 Å². The van der Waals surface area contributed by atoms with E-state index in [1.54, 1.807) is 7.11 Å². The highest BCUT2D eigenvalue weighted by Gasteiger charge is 2.40. The number of aliphatic hydroxyl groups excluding tert-OH is 1. The SMILES string of the molecule is COc1ccc(C(SOC2COCC2O)(c2ccccc2)c2ccccc2)cc1. The molecule has 0 spiro atoms. The average Bonchev–Trinajstić information content (AvgIpc) is 3.21. The predicted octanol–water partition coefficient (Wildman–Crippen LogP) is 4.41. The summed E-state index contributed by atoms with van der Waals surface area (Å²) in [6, 6.07) is 28.6. The first-order valence-corrected chi connectivity index (χ1v) is 10.3. The minimum Gasteiger partial charge on any atom is -0.497 e. The largest absolute Gasteiger partial charge is 0.497 e. The molecule has 0 aliphatic carbocycles. The zero-order valence-corrected chi connectivity index (χ0v) is 17.0. The molecule has 1 N–H and O–H groups in total. The van der Waals surface area contributed by atoms with E-state index >= 15 is 0 Å². The van der Waals surface area contributed by atoms with E-state index < -0.39 is 10.9 Å². The van der Waals surface area contributed by atoms with Gasteiger partial charge in [-0.15, -0.1) is 0 Å². The van der Waals surface area contributed by atoms with Gasteiger partial charge in [-0.3, -0.25) is 0 Å². The van der Waals surface area contributed by atoms with Gasteiger partial charge in [0.05, 0.1) is 20.3 Å². The second-order valence-corrected chi connectivity index (χ2v) is 7.94. The van der Waals surface area contributed by atoms with Crippen molar-refractivity contribution in [3.63, 3.8) is 0 Å². The Morgan fingerprint density at radius 3 is 1.86 bits per heavy atom. The van der Waals surface area contributed by atoms with Crippen molar-refractivity contribution >= 4 is 12.0 Å². The smallest absolute Gasteiger partial charge is 0.124 e. The molecule has 3 aromatic carbocycles. The molecule has 5 heteroatoms. The average molecular weight is 409 g/mol. The van der Waals surface area contributed by atoms with Crippen LogP contribution in [0.25, 0.3) is 0 Å². The molecule has 0 radical (unpaired) electrons. The maximum absolute atomic E-state index is 10.2. The Labute approximate surface area is 175 Å². The van der Waals surface area contributed by atoms with Gasteiger partial charge in [0.25, 0.3) is 0 Å². The molecule has 0 bridgehead atoms. The van der Waals surface area contributed by atoms with Crippen molar-refractivity contribution in [2.24, 2.45) is 0 Å². The van der Waals surface area contributed by atoms with Crippen LogP contribution in [-0.2, 0) is 13.7 Å². The third-order valence-corrected chi connectivity index (χ3v) is 6.45. The van der Waals surface area contributed by atoms with E-state index in [1.165, 1.54) is 12.0 Å². The van der Waals surface area contributed by atoms with Crippen LogP contribution in [0, 0.1) is 0 Å². The van der Waals surface area contributed by atoms with E-state index in [0.717, 1.165) is 22.4 Å². The van der Waals surface area contributed by atoms with Crippen molar-refractivity contribution in [3.8, 4) is 5.75 Å². The molecular formula is C24H24O4S. The summed E-state index contributed by atoms with van der Waals surface area (Å²) in [5.74, 6) is 0.800. The van der Waals surface area contributed by atoms with Gasteiger partial charge in [-0.25, -0.2) is 0 Å². The Balaban J connectivity index is 1.84. The number of rotatable bonds is 7. The van der Waals surface area contributed by atoms with Gasteiger partial charge >= 0.3 is 0 Å². The third kappa shape index (κ3) is 4.05. The summed E-state index contributed by atoms with van der Waals surface area (Å²) in [6.45, 7) is 0.688. The van der Waals surface area contributed by atoms with Gasteiger partial charge in [0.1, 0.15) is 22.7 Å². The van der Waals surface area contributed by atoms with Crippen LogP contribution in [0.15, 0.2) is 84.9 Å². The van der Waals surface area contributed by atoms with Crippen LogP contribution in [0.1, 0.15) is 16.7 Å². The Morgan fingerprint density at radius 1 is 0.828 bits per heavy atom. The van der Waals surface area contributed by atoms with Gasteiger partial charge in [-0.2, -0.15) is 0 Å². The molecule has 0 amide bonds. The molecule has 1 aliphatic rings. The van der Waals surface area contributed by atoms with E-state index in [2.05, 4.69) is 36.4 Å². The first-order valence-electron chi connectivity index (χ1n) is 9.60. The molecule has 1 aliphatic heterocycles. The second-order valence-electron chi connectivity index (χ2n) is 6.96. The second kappa shape index (κ2) is 9.01. The van der Waals surface area contributed by atoms with E-state index in [9.17, 15) is 5.11 Å². The number of methoxy groups -OCH3 is 1. The molecular weight excluding hydrogens is 384 g/mol. The van der Waals surface area contributed by atoms with Gasteiger partial charge < -0.3 is 18.8 Å². The summed E-state index contributed by atoms with van der Waals surface area (Å²) in [7, 11) is 1.66. The summed E-state index contributed by atoms with van der Waals surface area (Å²) < 4.78 is 16.3. The highest BCUT2D eigenvalue weighted by Crippen LogP contribution is 2.49. The first kappa shape index (κ1) is 20.0. The van der Waals surface area contributed by atoms with E-state index in [0.29, 0.717) is 13.2 Å². The lowest BCUT2D eigenvalue weighted by atomic mass is 9.84. The quantitative estimate of drug-likeness (QED) is 0.463. The molecule has 4 nitrogen and oxygen atoms in total. The summed E-state index contributed by atoms with van der Waals surface area (Å²) in [5, 5.41) is 10.2. The topological polar surface area (TPSA) is 47.9 Å². The first-order chi connectivity index (χ1) is 14.2. The zero-order valence-electron chi connectivity index (χ0n) is 16.2. The number of hydrogen-bond acceptors (Lipinski definition) is 5. The highest BCUT2D eigenvalue weighted by atomic mass is 32.2. The maximum atomic E-state index is 10.2. The van der Waals surface area contributed by atoms with Gasteiger partial charge in [-0.05, 0) is 28.8 Å². The molecule has 0 saturated carbocycles. The van der Waals surface area contributed by atoms with Gasteiger partial charge in [0, 0.05) is 12.0 Å². The minimum atomic E-state index is -0.623. The molecule has 29 heavy (non-hydrogen) atoms. The summed E-state index contributed by atoms with van der Waals surface area (Å²) in [6.07, 6.45) is -0.993. The summed E-state index contributed by atoms with van der Waals surface area (Å²) in [4.78, 5) is 0. The number of ether oxygens (including phenoxy) is 2. The Kier molecular flexibility index (Phi) is 6.21. The highest BCUT2D eigenvalue weighted by molar-refractivity contribution is 7.96. The lowest BCUT2D eigenvalue weighted by molar-refractivity contribution is 0.0854. The van der Waals surface area contributed by atoms with Crippen molar-refractivity contribution in [1.82, 2.24) is 0 Å². The maximum Gasteiger partial charge on any atom is 0.124 e. The number of hydrogen-bond donors (Lipinski definition) is 1. The van der Waals surface area contributed by atoms with Crippen molar-refractivity contribution in [2.45, 2.75) is 17.0 Å². The molecule has 1 fully saturated rings. The van der Waals surface area contributed by atoms with E-state index in [4.69, 9.17) is 13.7 Å². The fourth-order valence-corrected chi connectivity index (χ4v) is 4.71. The molecule has 2 unspecified atom stereocenters. The fraction of sp³-hybridized carbons (Fsp3) is 0.250. The molecule has 3 aromatic rings. The monoisotopic (exact) mass is 408 g/mol. The lowest BCUT2D eigenvalue weighted by Gasteiger charge is -2.35. The van der Waals surface area contributed by atoms with Crippen LogP contribution in [-0.4, -0.2) is 37.6 Å². The van der Waals surface area contributed by atoms with Gasteiger partial charge in [0.2, 0.25) is 0 Å². The van der Waals surface area contributed by atoms with Crippen molar-refractivity contribution in [3.05, 3.63) is 102 Å². The van der Waals surface area contributed by atoms with Crippen molar-refractivity contribution < 1.29 is 18.8 Å². The molecule has 1 saturated heterocycles. The Hall–Kier alpha value is -2.31. The van der Waals surface area contributed by atoms with Crippen LogP contribution < -0.4 is 4.74 Å². The summed E-state index contributed by atoms with van der Waals surface area (Å²) in [5.41, 5.74) is 3.25. The van der Waals surface area contributed by atoms with Crippen molar-refractivity contribution in [2.75, 3.05) is 20.3 Å². The van der Waals surface area contributed by atoms with Crippen LogP contribution in [0.5, 0.6) is 5.75 Å². The normalized spacial score (nSPS) is 19.2. The van der Waals surface area contributed by atoms with Crippen molar-refractivity contribution in [1.29, 1.82) is 0 Å². The predicted molar refractivity (Wildman–Crippen MR) is 115 cm³/mol. The molecule has 150 valence electrons. The van der Waals surface area contributed by atoms with Crippen LogP contribution in [0.4, 0.5) is 0 Å². The molecule has 2 atom stereocenters.